The zero-order chi connectivity index (χ0) is 25.5. The molecule has 3 rings (SSSR count). The number of carbonyl (C=O) groups excluding carboxylic acids is 2. The Bertz CT molecular complexity index is 1340. The van der Waals surface area contributed by atoms with Gasteiger partial charge in [-0.1, -0.05) is 11.6 Å². The summed E-state index contributed by atoms with van der Waals surface area (Å²) in [5, 5.41) is 9.91. The second-order valence-corrected chi connectivity index (χ2v) is 9.11. The van der Waals surface area contributed by atoms with Crippen molar-refractivity contribution >= 4 is 34.7 Å². The van der Waals surface area contributed by atoms with Crippen molar-refractivity contribution in [3.8, 4) is 22.9 Å². The van der Waals surface area contributed by atoms with Crippen LogP contribution in [0.1, 0.15) is 32.6 Å². The molecule has 0 N–H and O–H groups in total. The standard InChI is InChI=1S/C25H23ClN2O6S/c1-32-9-8-20(21(29)11-17-6-7-23(35-17)25(31)34-3)28-14-22(33-2)19(12-24(28)30)18-10-16(26)5-4-15(18)13-27/h4-7,10,12,14,20H,8-9,11H2,1-3H3. The first-order valence-corrected chi connectivity index (χ1v) is 11.7. The maximum Gasteiger partial charge on any atom is 0.348 e. The van der Waals surface area contributed by atoms with Crippen LogP contribution in [0.25, 0.3) is 11.1 Å². The van der Waals surface area contributed by atoms with Crippen LogP contribution in [0, 0.1) is 11.3 Å². The van der Waals surface area contributed by atoms with Crippen molar-refractivity contribution in [2.24, 2.45) is 0 Å². The van der Waals surface area contributed by atoms with E-state index in [0.717, 1.165) is 0 Å². The average molecular weight is 515 g/mol. The molecular formula is C25H23ClN2O6S. The third kappa shape index (κ3) is 5.98. The van der Waals surface area contributed by atoms with Gasteiger partial charge in [-0.2, -0.15) is 5.26 Å². The van der Waals surface area contributed by atoms with E-state index in [9.17, 15) is 19.6 Å². The van der Waals surface area contributed by atoms with Crippen LogP contribution < -0.4 is 10.3 Å². The van der Waals surface area contributed by atoms with Crippen molar-refractivity contribution in [1.82, 2.24) is 4.57 Å². The van der Waals surface area contributed by atoms with Gasteiger partial charge in [0.2, 0.25) is 0 Å². The summed E-state index contributed by atoms with van der Waals surface area (Å²) < 4.78 is 16.7. The molecule has 35 heavy (non-hydrogen) atoms. The predicted molar refractivity (Wildman–Crippen MR) is 132 cm³/mol. The fraction of sp³-hybridized carbons (Fsp3) is 0.280. The number of Topliss-reactive ketones (excluding diaryl/α,β-unsaturated/α-hetero) is 1. The van der Waals surface area contributed by atoms with E-state index >= 15 is 0 Å². The van der Waals surface area contributed by atoms with Gasteiger partial charge < -0.3 is 18.8 Å². The molecule has 0 radical (unpaired) electrons. The maximum absolute atomic E-state index is 13.3. The molecule has 0 aliphatic carbocycles. The number of ether oxygens (including phenoxy) is 3. The van der Waals surface area contributed by atoms with Crippen molar-refractivity contribution < 1.29 is 23.8 Å². The van der Waals surface area contributed by atoms with E-state index in [1.165, 1.54) is 49.5 Å². The first kappa shape index (κ1) is 26.2. The molecule has 0 aliphatic heterocycles. The minimum Gasteiger partial charge on any atom is -0.495 e. The van der Waals surface area contributed by atoms with Gasteiger partial charge in [0, 0.05) is 47.2 Å². The number of methoxy groups -OCH3 is 3. The number of benzene rings is 1. The van der Waals surface area contributed by atoms with E-state index in [2.05, 4.69) is 6.07 Å². The van der Waals surface area contributed by atoms with Gasteiger partial charge >= 0.3 is 5.97 Å². The zero-order valence-electron chi connectivity index (χ0n) is 19.4. The molecular weight excluding hydrogens is 492 g/mol. The van der Waals surface area contributed by atoms with Crippen molar-refractivity contribution in [1.29, 1.82) is 5.26 Å². The summed E-state index contributed by atoms with van der Waals surface area (Å²) in [6.45, 7) is 0.248. The normalized spacial score (nSPS) is 11.5. The van der Waals surface area contributed by atoms with Crippen molar-refractivity contribution in [3.05, 3.63) is 73.3 Å². The monoisotopic (exact) mass is 514 g/mol. The molecule has 0 fully saturated rings. The fourth-order valence-corrected chi connectivity index (χ4v) is 4.75. The predicted octanol–water partition coefficient (Wildman–Crippen LogP) is 4.29. The van der Waals surface area contributed by atoms with E-state index in [-0.39, 0.29) is 25.2 Å². The third-order valence-electron chi connectivity index (χ3n) is 5.36. The van der Waals surface area contributed by atoms with Crippen molar-refractivity contribution in [3.63, 3.8) is 0 Å². The largest absolute Gasteiger partial charge is 0.495 e. The molecule has 10 heteroatoms. The maximum atomic E-state index is 13.3. The number of carbonyl (C=O) groups is 2. The van der Waals surface area contributed by atoms with E-state index < -0.39 is 17.6 Å². The van der Waals surface area contributed by atoms with Gasteiger partial charge in [0.15, 0.2) is 5.78 Å². The Hall–Kier alpha value is -3.45. The number of pyridine rings is 1. The highest BCUT2D eigenvalue weighted by Gasteiger charge is 2.25. The number of halogens is 1. The van der Waals surface area contributed by atoms with Crippen molar-refractivity contribution in [2.45, 2.75) is 18.9 Å². The molecule has 2 heterocycles. The van der Waals surface area contributed by atoms with Gasteiger partial charge in [-0.05, 0) is 36.8 Å². The highest BCUT2D eigenvalue weighted by Crippen LogP contribution is 2.33. The summed E-state index contributed by atoms with van der Waals surface area (Å²) in [7, 11) is 4.24. The summed E-state index contributed by atoms with van der Waals surface area (Å²) in [6.07, 6.45) is 1.75. The lowest BCUT2D eigenvalue weighted by molar-refractivity contribution is -0.122. The van der Waals surface area contributed by atoms with Crippen LogP contribution in [0.2, 0.25) is 5.02 Å². The second kappa shape index (κ2) is 11.8. The molecule has 1 unspecified atom stereocenters. The molecule has 0 spiro atoms. The number of thiophene rings is 1. The fourth-order valence-electron chi connectivity index (χ4n) is 3.64. The van der Waals surface area contributed by atoms with Crippen LogP contribution in [0.15, 0.2) is 47.4 Å². The topological polar surface area (TPSA) is 108 Å². The van der Waals surface area contributed by atoms with Crippen LogP contribution in [0.5, 0.6) is 5.75 Å². The molecule has 182 valence electrons. The van der Waals surface area contributed by atoms with Gasteiger partial charge in [0.05, 0.1) is 38.1 Å². The van der Waals surface area contributed by atoms with Crippen LogP contribution in [-0.4, -0.2) is 44.3 Å². The number of ketones is 1. The SMILES string of the molecule is COCCC(C(=O)Cc1ccc(C(=O)OC)s1)n1cc(OC)c(-c2cc(Cl)ccc2C#N)cc1=O. The molecule has 2 aromatic heterocycles. The zero-order valence-corrected chi connectivity index (χ0v) is 20.9. The van der Waals surface area contributed by atoms with E-state index in [4.69, 9.17) is 25.8 Å². The molecule has 0 aliphatic rings. The lowest BCUT2D eigenvalue weighted by atomic mass is 9.99. The minimum absolute atomic E-state index is 0.0272. The Morgan fingerprint density at radius 1 is 1.14 bits per heavy atom. The number of esters is 1. The molecule has 0 amide bonds. The number of nitriles is 1. The number of rotatable bonds is 10. The molecule has 0 bridgehead atoms. The van der Waals surface area contributed by atoms with Gasteiger partial charge in [-0.15, -0.1) is 11.3 Å². The van der Waals surface area contributed by atoms with E-state index in [0.29, 0.717) is 37.2 Å². The Kier molecular flexibility index (Phi) is 8.82. The molecule has 1 atom stereocenters. The minimum atomic E-state index is -0.830. The lowest BCUT2D eigenvalue weighted by Gasteiger charge is -2.20. The molecule has 1 aromatic carbocycles. The van der Waals surface area contributed by atoms with Gasteiger partial charge in [0.1, 0.15) is 10.6 Å². The van der Waals surface area contributed by atoms with Crippen molar-refractivity contribution in [2.75, 3.05) is 27.9 Å². The average Bonchev–Trinajstić information content (AvgIpc) is 3.32. The highest BCUT2D eigenvalue weighted by molar-refractivity contribution is 7.14. The summed E-state index contributed by atoms with van der Waals surface area (Å²) in [5.74, 6) is -0.390. The molecule has 3 aromatic rings. The summed E-state index contributed by atoms with van der Waals surface area (Å²) in [6, 6.07) is 10.6. The quantitative estimate of drug-likeness (QED) is 0.371. The lowest BCUT2D eigenvalue weighted by Crippen LogP contribution is -2.31. The molecule has 0 saturated heterocycles. The van der Waals surface area contributed by atoms with E-state index in [1.807, 2.05) is 0 Å². The summed E-state index contributed by atoms with van der Waals surface area (Å²) in [4.78, 5) is 39.3. The van der Waals surface area contributed by atoms with Gasteiger partial charge in [-0.25, -0.2) is 4.79 Å². The Morgan fingerprint density at radius 2 is 1.91 bits per heavy atom. The molecule has 0 saturated carbocycles. The first-order valence-electron chi connectivity index (χ1n) is 10.5. The Morgan fingerprint density at radius 3 is 2.57 bits per heavy atom. The van der Waals surface area contributed by atoms with Crippen LogP contribution in [0.3, 0.4) is 0 Å². The third-order valence-corrected chi connectivity index (χ3v) is 6.66. The number of hydrogen-bond acceptors (Lipinski definition) is 8. The van der Waals surface area contributed by atoms with E-state index in [1.54, 1.807) is 30.3 Å². The van der Waals surface area contributed by atoms with Gasteiger partial charge in [0.25, 0.3) is 5.56 Å². The van der Waals surface area contributed by atoms with Crippen LogP contribution >= 0.6 is 22.9 Å². The summed E-state index contributed by atoms with van der Waals surface area (Å²) >= 11 is 7.29. The number of aromatic nitrogens is 1. The smallest absolute Gasteiger partial charge is 0.348 e. The second-order valence-electron chi connectivity index (χ2n) is 7.50. The van der Waals surface area contributed by atoms with Crippen LogP contribution in [-0.2, 0) is 20.7 Å². The Balaban J connectivity index is 2.02. The van der Waals surface area contributed by atoms with Gasteiger partial charge in [-0.3, -0.25) is 9.59 Å². The highest BCUT2D eigenvalue weighted by atomic mass is 35.5. The number of nitrogens with zero attached hydrogens (tertiary/aromatic N) is 2. The first-order chi connectivity index (χ1) is 16.8. The molecule has 8 nitrogen and oxygen atoms in total. The Labute approximate surface area is 211 Å². The number of hydrogen-bond donors (Lipinski definition) is 0. The van der Waals surface area contributed by atoms with Crippen LogP contribution in [0.4, 0.5) is 0 Å². The summed E-state index contributed by atoms with van der Waals surface area (Å²) in [5.41, 5.74) is 0.734.